The number of methoxy groups -OCH3 is 1. The first-order valence-electron chi connectivity index (χ1n) is 7.56. The zero-order chi connectivity index (χ0) is 15.2. The van der Waals surface area contributed by atoms with E-state index < -0.39 is 0 Å². The second-order valence-electron chi connectivity index (χ2n) is 5.83. The van der Waals surface area contributed by atoms with Crippen molar-refractivity contribution in [3.05, 3.63) is 35.6 Å². The molecular weight excluding hydrogens is 264 g/mol. The van der Waals surface area contributed by atoms with Gasteiger partial charge in [0.2, 0.25) is 0 Å². The SMILES string of the molecule is COCCN(Cc1oc2ccccc2c1CN)CC(C)C. The lowest BCUT2D eigenvalue weighted by Crippen LogP contribution is -2.30. The molecule has 1 heterocycles. The maximum absolute atomic E-state index is 6.02. The van der Waals surface area contributed by atoms with Crippen LogP contribution in [0.5, 0.6) is 0 Å². The van der Waals surface area contributed by atoms with Gasteiger partial charge in [-0.2, -0.15) is 0 Å². The van der Waals surface area contributed by atoms with Crippen LogP contribution < -0.4 is 5.73 Å². The Morgan fingerprint density at radius 2 is 2.05 bits per heavy atom. The number of ether oxygens (including phenoxy) is 1. The van der Waals surface area contributed by atoms with Crippen molar-refractivity contribution in [1.29, 1.82) is 0 Å². The molecule has 0 radical (unpaired) electrons. The van der Waals surface area contributed by atoms with Crippen LogP contribution in [0.2, 0.25) is 0 Å². The third-order valence-corrected chi connectivity index (χ3v) is 3.59. The molecule has 0 aliphatic rings. The number of fused-ring (bicyclic) bond motifs is 1. The highest BCUT2D eigenvalue weighted by Crippen LogP contribution is 2.26. The van der Waals surface area contributed by atoms with Crippen molar-refractivity contribution in [2.75, 3.05) is 26.8 Å². The van der Waals surface area contributed by atoms with E-state index in [2.05, 4.69) is 24.8 Å². The molecule has 1 aromatic heterocycles. The number of nitrogens with two attached hydrogens (primary N) is 1. The molecule has 0 aliphatic heterocycles. The largest absolute Gasteiger partial charge is 0.459 e. The molecule has 0 saturated heterocycles. The summed E-state index contributed by atoms with van der Waals surface area (Å²) in [6.07, 6.45) is 0. The Kier molecular flexibility index (Phi) is 5.79. The summed E-state index contributed by atoms with van der Waals surface area (Å²) in [5.41, 5.74) is 7.98. The molecule has 0 bridgehead atoms. The molecule has 0 saturated carbocycles. The van der Waals surface area contributed by atoms with Gasteiger partial charge in [-0.15, -0.1) is 0 Å². The van der Waals surface area contributed by atoms with Crippen LogP contribution in [0.1, 0.15) is 25.2 Å². The monoisotopic (exact) mass is 290 g/mol. The van der Waals surface area contributed by atoms with Gasteiger partial charge in [0.15, 0.2) is 0 Å². The maximum atomic E-state index is 6.02. The quantitative estimate of drug-likeness (QED) is 0.812. The topological polar surface area (TPSA) is 51.6 Å². The van der Waals surface area contributed by atoms with Gasteiger partial charge in [-0.3, -0.25) is 4.90 Å². The van der Waals surface area contributed by atoms with E-state index in [4.69, 9.17) is 14.9 Å². The first-order valence-corrected chi connectivity index (χ1v) is 7.56. The van der Waals surface area contributed by atoms with E-state index in [1.54, 1.807) is 7.11 Å². The fourth-order valence-corrected chi connectivity index (χ4v) is 2.68. The zero-order valence-corrected chi connectivity index (χ0v) is 13.3. The Hall–Kier alpha value is -1.36. The zero-order valence-electron chi connectivity index (χ0n) is 13.3. The molecule has 2 N–H and O–H groups in total. The van der Waals surface area contributed by atoms with Crippen LogP contribution in [-0.2, 0) is 17.8 Å². The first kappa shape index (κ1) is 16.0. The summed E-state index contributed by atoms with van der Waals surface area (Å²) in [6.45, 7) is 8.38. The van der Waals surface area contributed by atoms with Crippen LogP contribution in [0.15, 0.2) is 28.7 Å². The van der Waals surface area contributed by atoms with Crippen LogP contribution in [0.25, 0.3) is 11.0 Å². The summed E-state index contributed by atoms with van der Waals surface area (Å²) in [4.78, 5) is 2.37. The second kappa shape index (κ2) is 7.59. The molecule has 0 aliphatic carbocycles. The molecule has 0 atom stereocenters. The van der Waals surface area contributed by atoms with Crippen molar-refractivity contribution >= 4 is 11.0 Å². The minimum atomic E-state index is 0.506. The van der Waals surface area contributed by atoms with Gasteiger partial charge in [-0.1, -0.05) is 32.0 Å². The number of hydrogen-bond acceptors (Lipinski definition) is 4. The lowest BCUT2D eigenvalue weighted by atomic mass is 10.1. The maximum Gasteiger partial charge on any atom is 0.134 e. The highest BCUT2D eigenvalue weighted by molar-refractivity contribution is 5.82. The average Bonchev–Trinajstić information content (AvgIpc) is 2.81. The molecule has 0 unspecified atom stereocenters. The number of benzene rings is 1. The van der Waals surface area contributed by atoms with Crippen molar-refractivity contribution < 1.29 is 9.15 Å². The summed E-state index contributed by atoms with van der Waals surface area (Å²) in [6, 6.07) is 8.09. The molecule has 2 aromatic rings. The van der Waals surface area contributed by atoms with Crippen LogP contribution in [-0.4, -0.2) is 31.7 Å². The number of hydrogen-bond donors (Lipinski definition) is 1. The predicted octanol–water partition coefficient (Wildman–Crippen LogP) is 3.00. The van der Waals surface area contributed by atoms with Gasteiger partial charge in [0.05, 0.1) is 13.2 Å². The van der Waals surface area contributed by atoms with Crippen molar-refractivity contribution in [1.82, 2.24) is 4.90 Å². The smallest absolute Gasteiger partial charge is 0.134 e. The Morgan fingerprint density at radius 1 is 1.29 bits per heavy atom. The van der Waals surface area contributed by atoms with Crippen molar-refractivity contribution in [2.45, 2.75) is 26.9 Å². The van der Waals surface area contributed by atoms with Gasteiger partial charge < -0.3 is 14.9 Å². The lowest BCUT2D eigenvalue weighted by Gasteiger charge is -2.23. The average molecular weight is 290 g/mol. The Bertz CT molecular complexity index is 563. The number of para-hydroxylation sites is 1. The molecule has 0 spiro atoms. The van der Waals surface area contributed by atoms with Gasteiger partial charge in [0.1, 0.15) is 11.3 Å². The second-order valence-corrected chi connectivity index (χ2v) is 5.83. The Labute approximate surface area is 126 Å². The van der Waals surface area contributed by atoms with E-state index in [0.717, 1.165) is 48.5 Å². The molecule has 1 aromatic carbocycles. The molecule has 4 nitrogen and oxygen atoms in total. The van der Waals surface area contributed by atoms with E-state index >= 15 is 0 Å². The summed E-state index contributed by atoms with van der Waals surface area (Å²) in [5, 5.41) is 1.13. The van der Waals surface area contributed by atoms with Crippen molar-refractivity contribution in [3.8, 4) is 0 Å². The fraction of sp³-hybridized carbons (Fsp3) is 0.529. The molecule has 21 heavy (non-hydrogen) atoms. The fourth-order valence-electron chi connectivity index (χ4n) is 2.68. The van der Waals surface area contributed by atoms with E-state index in [9.17, 15) is 0 Å². The van der Waals surface area contributed by atoms with Crippen LogP contribution in [0, 0.1) is 5.92 Å². The van der Waals surface area contributed by atoms with Gasteiger partial charge in [-0.05, 0) is 12.0 Å². The normalized spacial score (nSPS) is 11.9. The number of rotatable bonds is 8. The highest BCUT2D eigenvalue weighted by atomic mass is 16.5. The van der Waals surface area contributed by atoms with Crippen LogP contribution in [0.4, 0.5) is 0 Å². The van der Waals surface area contributed by atoms with Gasteiger partial charge in [-0.25, -0.2) is 0 Å². The van der Waals surface area contributed by atoms with Crippen LogP contribution in [0.3, 0.4) is 0 Å². The van der Waals surface area contributed by atoms with Gasteiger partial charge in [0, 0.05) is 37.7 Å². The summed E-state index contributed by atoms with van der Waals surface area (Å²) >= 11 is 0. The van der Waals surface area contributed by atoms with Gasteiger partial charge >= 0.3 is 0 Å². The van der Waals surface area contributed by atoms with Crippen LogP contribution >= 0.6 is 0 Å². The van der Waals surface area contributed by atoms with E-state index in [1.165, 1.54) is 0 Å². The predicted molar refractivity (Wildman–Crippen MR) is 86.1 cm³/mol. The highest BCUT2D eigenvalue weighted by Gasteiger charge is 2.16. The molecule has 2 rings (SSSR count). The number of nitrogens with zero attached hydrogens (tertiary/aromatic N) is 1. The standard InChI is InChI=1S/C17H26N2O2/c1-13(2)11-19(8-9-20-3)12-17-15(10-18)14-6-4-5-7-16(14)21-17/h4-7,13H,8-12,18H2,1-3H3. The summed E-state index contributed by atoms with van der Waals surface area (Å²) in [5.74, 6) is 1.59. The number of furan rings is 1. The Morgan fingerprint density at radius 3 is 2.71 bits per heavy atom. The first-order chi connectivity index (χ1) is 10.2. The van der Waals surface area contributed by atoms with E-state index in [0.29, 0.717) is 12.5 Å². The molecule has 0 amide bonds. The van der Waals surface area contributed by atoms with E-state index in [-0.39, 0.29) is 0 Å². The molecule has 4 heteroatoms. The Balaban J connectivity index is 2.22. The summed E-state index contributed by atoms with van der Waals surface area (Å²) < 4.78 is 11.2. The third-order valence-electron chi connectivity index (χ3n) is 3.59. The molecular formula is C17H26N2O2. The van der Waals surface area contributed by atoms with Crippen molar-refractivity contribution in [3.63, 3.8) is 0 Å². The van der Waals surface area contributed by atoms with E-state index in [1.807, 2.05) is 18.2 Å². The minimum Gasteiger partial charge on any atom is -0.459 e. The molecule has 116 valence electrons. The molecule has 0 fully saturated rings. The lowest BCUT2D eigenvalue weighted by molar-refractivity contribution is 0.131. The summed E-state index contributed by atoms with van der Waals surface area (Å²) in [7, 11) is 1.74. The third kappa shape index (κ3) is 4.06. The van der Waals surface area contributed by atoms with Gasteiger partial charge in [0.25, 0.3) is 0 Å². The van der Waals surface area contributed by atoms with Crippen molar-refractivity contribution in [2.24, 2.45) is 11.7 Å². The minimum absolute atomic E-state index is 0.506.